The standard InChI is InChI=1S/C18H21FN2O2/c19-15-8-4-9-16(12-15)21-18(23)13-20-17(10-5-11-22)14-6-2-1-3-7-14/h1-4,6-9,12,17,20,22H,5,10-11,13H2,(H,21,23). The molecule has 0 saturated heterocycles. The molecule has 0 heterocycles. The van der Waals surface area contributed by atoms with Gasteiger partial charge in [0.2, 0.25) is 5.91 Å². The van der Waals surface area contributed by atoms with Crippen molar-refractivity contribution in [1.29, 1.82) is 0 Å². The summed E-state index contributed by atoms with van der Waals surface area (Å²) in [6.07, 6.45) is 1.38. The van der Waals surface area contributed by atoms with Gasteiger partial charge in [0.05, 0.1) is 6.54 Å². The average Bonchev–Trinajstić information content (AvgIpc) is 2.56. The van der Waals surface area contributed by atoms with Crippen molar-refractivity contribution in [3.8, 4) is 0 Å². The van der Waals surface area contributed by atoms with Crippen molar-refractivity contribution in [3.63, 3.8) is 0 Å². The second-order valence-electron chi connectivity index (χ2n) is 5.27. The van der Waals surface area contributed by atoms with Crippen molar-refractivity contribution < 1.29 is 14.3 Å². The zero-order valence-corrected chi connectivity index (χ0v) is 12.8. The van der Waals surface area contributed by atoms with E-state index in [9.17, 15) is 9.18 Å². The summed E-state index contributed by atoms with van der Waals surface area (Å²) >= 11 is 0. The fraction of sp³-hybridized carbons (Fsp3) is 0.278. The van der Waals surface area contributed by atoms with E-state index in [1.165, 1.54) is 12.1 Å². The smallest absolute Gasteiger partial charge is 0.238 e. The van der Waals surface area contributed by atoms with Crippen LogP contribution in [-0.2, 0) is 4.79 Å². The quantitative estimate of drug-likeness (QED) is 0.702. The molecule has 0 spiro atoms. The van der Waals surface area contributed by atoms with Gasteiger partial charge >= 0.3 is 0 Å². The highest BCUT2D eigenvalue weighted by atomic mass is 19.1. The fourth-order valence-electron chi connectivity index (χ4n) is 2.35. The molecule has 2 aromatic rings. The van der Waals surface area contributed by atoms with Crippen molar-refractivity contribution in [2.75, 3.05) is 18.5 Å². The predicted molar refractivity (Wildman–Crippen MR) is 88.5 cm³/mol. The molecular formula is C18H21FN2O2. The van der Waals surface area contributed by atoms with E-state index in [0.717, 1.165) is 12.0 Å². The molecule has 3 N–H and O–H groups in total. The minimum absolute atomic E-state index is 0.0124. The molecule has 5 heteroatoms. The number of carbonyl (C=O) groups is 1. The number of hydrogen-bond acceptors (Lipinski definition) is 3. The molecule has 0 fully saturated rings. The molecule has 1 atom stereocenters. The van der Waals surface area contributed by atoms with E-state index >= 15 is 0 Å². The number of aliphatic hydroxyl groups is 1. The molecule has 0 aliphatic carbocycles. The van der Waals surface area contributed by atoms with Crippen LogP contribution in [0.15, 0.2) is 54.6 Å². The lowest BCUT2D eigenvalue weighted by Gasteiger charge is -2.18. The first-order valence-corrected chi connectivity index (χ1v) is 7.63. The van der Waals surface area contributed by atoms with E-state index in [1.54, 1.807) is 12.1 Å². The number of amides is 1. The number of hydrogen-bond donors (Lipinski definition) is 3. The van der Waals surface area contributed by atoms with Gasteiger partial charge in [0, 0.05) is 18.3 Å². The van der Waals surface area contributed by atoms with E-state index < -0.39 is 0 Å². The van der Waals surface area contributed by atoms with Crippen molar-refractivity contribution in [2.45, 2.75) is 18.9 Å². The number of anilines is 1. The molecule has 2 aromatic carbocycles. The second-order valence-corrected chi connectivity index (χ2v) is 5.27. The summed E-state index contributed by atoms with van der Waals surface area (Å²) in [6, 6.07) is 15.6. The summed E-state index contributed by atoms with van der Waals surface area (Å²) in [6.45, 7) is 0.224. The maximum Gasteiger partial charge on any atom is 0.238 e. The molecule has 0 radical (unpaired) electrons. The van der Waals surface area contributed by atoms with Crippen LogP contribution in [0.5, 0.6) is 0 Å². The van der Waals surface area contributed by atoms with Gasteiger partial charge in [-0.2, -0.15) is 0 Å². The van der Waals surface area contributed by atoms with Crippen LogP contribution in [0.1, 0.15) is 24.4 Å². The molecule has 0 aliphatic heterocycles. The topological polar surface area (TPSA) is 61.4 Å². The Balaban J connectivity index is 1.91. The molecule has 2 rings (SSSR count). The summed E-state index contributed by atoms with van der Waals surface area (Å²) in [5.74, 6) is -0.624. The Morgan fingerprint density at radius 3 is 2.61 bits per heavy atom. The van der Waals surface area contributed by atoms with E-state index in [0.29, 0.717) is 12.1 Å². The zero-order valence-electron chi connectivity index (χ0n) is 12.8. The minimum Gasteiger partial charge on any atom is -0.396 e. The van der Waals surface area contributed by atoms with Crippen LogP contribution in [0.4, 0.5) is 10.1 Å². The van der Waals surface area contributed by atoms with Crippen molar-refractivity contribution in [3.05, 3.63) is 66.0 Å². The third kappa shape index (κ3) is 5.81. The van der Waals surface area contributed by atoms with Gasteiger partial charge in [-0.15, -0.1) is 0 Å². The summed E-state index contributed by atoms with van der Waals surface area (Å²) < 4.78 is 13.1. The fourth-order valence-corrected chi connectivity index (χ4v) is 2.35. The molecule has 0 aromatic heterocycles. The zero-order chi connectivity index (χ0) is 16.5. The Kier molecular flexibility index (Phi) is 6.72. The first kappa shape index (κ1) is 17.1. The Morgan fingerprint density at radius 2 is 1.91 bits per heavy atom. The summed E-state index contributed by atoms with van der Waals surface area (Å²) in [5.41, 5.74) is 1.50. The Morgan fingerprint density at radius 1 is 1.13 bits per heavy atom. The van der Waals surface area contributed by atoms with Crippen LogP contribution in [0.2, 0.25) is 0 Å². The van der Waals surface area contributed by atoms with Gasteiger partial charge in [-0.1, -0.05) is 36.4 Å². The molecular weight excluding hydrogens is 295 g/mol. The maximum absolute atomic E-state index is 13.1. The van der Waals surface area contributed by atoms with Gasteiger partial charge in [-0.3, -0.25) is 4.79 Å². The van der Waals surface area contributed by atoms with Crippen LogP contribution in [0.25, 0.3) is 0 Å². The normalized spacial score (nSPS) is 11.9. The van der Waals surface area contributed by atoms with E-state index in [-0.39, 0.29) is 30.9 Å². The number of nitrogens with one attached hydrogen (secondary N) is 2. The molecule has 23 heavy (non-hydrogen) atoms. The molecule has 0 aliphatic rings. The Labute approximate surface area is 135 Å². The van der Waals surface area contributed by atoms with E-state index in [2.05, 4.69) is 10.6 Å². The van der Waals surface area contributed by atoms with E-state index in [4.69, 9.17) is 5.11 Å². The van der Waals surface area contributed by atoms with Gasteiger partial charge < -0.3 is 15.7 Å². The van der Waals surface area contributed by atoms with Crippen LogP contribution in [0.3, 0.4) is 0 Å². The van der Waals surface area contributed by atoms with Gasteiger partial charge in [-0.05, 0) is 36.6 Å². The van der Waals surface area contributed by atoms with Crippen molar-refractivity contribution >= 4 is 11.6 Å². The summed E-state index contributed by atoms with van der Waals surface area (Å²) in [4.78, 5) is 12.0. The van der Waals surface area contributed by atoms with Crippen molar-refractivity contribution in [1.82, 2.24) is 5.32 Å². The highest BCUT2D eigenvalue weighted by Crippen LogP contribution is 2.18. The monoisotopic (exact) mass is 316 g/mol. The molecule has 0 bridgehead atoms. The molecule has 122 valence electrons. The third-order valence-corrected chi connectivity index (χ3v) is 3.47. The van der Waals surface area contributed by atoms with Gasteiger partial charge in [0.15, 0.2) is 0 Å². The van der Waals surface area contributed by atoms with Crippen molar-refractivity contribution in [2.24, 2.45) is 0 Å². The van der Waals surface area contributed by atoms with Gasteiger partial charge in [0.25, 0.3) is 0 Å². The number of aliphatic hydroxyl groups excluding tert-OH is 1. The number of halogens is 1. The Hall–Kier alpha value is -2.24. The number of rotatable bonds is 8. The number of carbonyl (C=O) groups excluding carboxylic acids is 1. The maximum atomic E-state index is 13.1. The lowest BCUT2D eigenvalue weighted by atomic mass is 10.0. The molecule has 0 saturated carbocycles. The first-order valence-electron chi connectivity index (χ1n) is 7.63. The Bertz CT molecular complexity index is 619. The van der Waals surface area contributed by atoms with Gasteiger partial charge in [-0.25, -0.2) is 4.39 Å². The highest BCUT2D eigenvalue weighted by Gasteiger charge is 2.12. The lowest BCUT2D eigenvalue weighted by Crippen LogP contribution is -2.31. The summed E-state index contributed by atoms with van der Waals surface area (Å²) in [5, 5.41) is 14.9. The van der Waals surface area contributed by atoms with Crippen LogP contribution < -0.4 is 10.6 Å². The first-order chi connectivity index (χ1) is 11.2. The van der Waals surface area contributed by atoms with E-state index in [1.807, 2.05) is 30.3 Å². The summed E-state index contributed by atoms with van der Waals surface area (Å²) in [7, 11) is 0. The van der Waals surface area contributed by atoms with Crippen LogP contribution in [0, 0.1) is 5.82 Å². The highest BCUT2D eigenvalue weighted by molar-refractivity contribution is 5.92. The van der Waals surface area contributed by atoms with Gasteiger partial charge in [0.1, 0.15) is 5.82 Å². The predicted octanol–water partition coefficient (Wildman–Crippen LogP) is 2.87. The van der Waals surface area contributed by atoms with Crippen LogP contribution in [-0.4, -0.2) is 24.2 Å². The molecule has 1 amide bonds. The molecule has 1 unspecified atom stereocenters. The average molecular weight is 316 g/mol. The third-order valence-electron chi connectivity index (χ3n) is 3.47. The minimum atomic E-state index is -0.388. The SMILES string of the molecule is O=C(CNC(CCCO)c1ccccc1)Nc1cccc(F)c1. The lowest BCUT2D eigenvalue weighted by molar-refractivity contribution is -0.115. The molecule has 4 nitrogen and oxygen atoms in total. The number of benzene rings is 2. The second kappa shape index (κ2) is 9.02. The van der Waals surface area contributed by atoms with Crippen LogP contribution >= 0.6 is 0 Å². The largest absolute Gasteiger partial charge is 0.396 e.